The molecule has 110 valence electrons. The first kappa shape index (κ1) is 14.7. The monoisotopic (exact) mass is 301 g/mol. The predicted octanol–water partition coefficient (Wildman–Crippen LogP) is 0.197. The standard InChI is InChI=1S/C11H15N3O5S/c1-19-11-8-9(2-3-10(11)14(15)16)20(17,18)13-6-4-12-5-7-13/h2-3,8,12H,4-7H2,1H3. The maximum atomic E-state index is 12.4. The van der Waals surface area contributed by atoms with Crippen LogP contribution >= 0.6 is 0 Å². The van der Waals surface area contributed by atoms with E-state index in [0.717, 1.165) is 6.07 Å². The molecule has 0 bridgehead atoms. The van der Waals surface area contributed by atoms with Crippen molar-refractivity contribution in [2.75, 3.05) is 33.3 Å². The van der Waals surface area contributed by atoms with Crippen LogP contribution in [0.5, 0.6) is 5.75 Å². The van der Waals surface area contributed by atoms with Crippen LogP contribution in [-0.4, -0.2) is 50.9 Å². The Morgan fingerprint density at radius 1 is 1.35 bits per heavy atom. The first-order chi connectivity index (χ1) is 9.46. The van der Waals surface area contributed by atoms with Gasteiger partial charge in [0, 0.05) is 38.3 Å². The van der Waals surface area contributed by atoms with Crippen LogP contribution in [0.15, 0.2) is 23.1 Å². The van der Waals surface area contributed by atoms with Crippen LogP contribution in [0.1, 0.15) is 0 Å². The highest BCUT2D eigenvalue weighted by Gasteiger charge is 2.28. The highest BCUT2D eigenvalue weighted by Crippen LogP contribution is 2.30. The largest absolute Gasteiger partial charge is 0.490 e. The third kappa shape index (κ3) is 2.74. The van der Waals surface area contributed by atoms with Crippen LogP contribution in [0.25, 0.3) is 0 Å². The molecule has 0 saturated carbocycles. The van der Waals surface area contributed by atoms with Crippen LogP contribution < -0.4 is 10.1 Å². The Kier molecular flexibility index (Phi) is 4.21. The van der Waals surface area contributed by atoms with E-state index in [0.29, 0.717) is 26.2 Å². The third-order valence-electron chi connectivity index (χ3n) is 3.06. The molecule has 1 aliphatic heterocycles. The Balaban J connectivity index is 2.39. The fourth-order valence-electron chi connectivity index (χ4n) is 2.00. The lowest BCUT2D eigenvalue weighted by Crippen LogP contribution is -2.46. The highest BCUT2D eigenvalue weighted by atomic mass is 32.2. The number of rotatable bonds is 4. The van der Waals surface area contributed by atoms with E-state index in [9.17, 15) is 18.5 Å². The first-order valence-corrected chi connectivity index (χ1v) is 7.44. The van der Waals surface area contributed by atoms with Crippen LogP contribution in [0.3, 0.4) is 0 Å². The van der Waals surface area contributed by atoms with Gasteiger partial charge < -0.3 is 10.1 Å². The van der Waals surface area contributed by atoms with Gasteiger partial charge in [-0.2, -0.15) is 4.31 Å². The number of hydrogen-bond donors (Lipinski definition) is 1. The van der Waals surface area contributed by atoms with Gasteiger partial charge in [-0.25, -0.2) is 8.42 Å². The smallest absolute Gasteiger partial charge is 0.310 e. The normalized spacial score (nSPS) is 16.9. The summed E-state index contributed by atoms with van der Waals surface area (Å²) in [4.78, 5) is 10.2. The van der Waals surface area contributed by atoms with Crippen molar-refractivity contribution in [2.24, 2.45) is 0 Å². The fourth-order valence-corrected chi connectivity index (χ4v) is 3.46. The van der Waals surface area contributed by atoms with Crippen molar-refractivity contribution in [3.8, 4) is 5.75 Å². The molecule has 20 heavy (non-hydrogen) atoms. The van der Waals surface area contributed by atoms with Gasteiger partial charge in [-0.1, -0.05) is 0 Å². The summed E-state index contributed by atoms with van der Waals surface area (Å²) in [5.74, 6) is -0.0637. The van der Waals surface area contributed by atoms with Gasteiger partial charge in [-0.15, -0.1) is 0 Å². The maximum absolute atomic E-state index is 12.4. The molecular weight excluding hydrogens is 286 g/mol. The van der Waals surface area contributed by atoms with E-state index in [-0.39, 0.29) is 16.3 Å². The zero-order chi connectivity index (χ0) is 14.8. The van der Waals surface area contributed by atoms with Gasteiger partial charge in [-0.05, 0) is 6.07 Å². The van der Waals surface area contributed by atoms with E-state index >= 15 is 0 Å². The topological polar surface area (TPSA) is 102 Å². The van der Waals surface area contributed by atoms with E-state index in [1.807, 2.05) is 0 Å². The first-order valence-electron chi connectivity index (χ1n) is 6.00. The van der Waals surface area contributed by atoms with Gasteiger partial charge in [0.2, 0.25) is 10.0 Å². The second-order valence-corrected chi connectivity index (χ2v) is 6.18. The molecule has 1 aliphatic rings. The molecule has 0 amide bonds. The van der Waals surface area contributed by atoms with Crippen molar-refractivity contribution in [1.29, 1.82) is 0 Å². The number of benzene rings is 1. The van der Waals surface area contributed by atoms with E-state index in [2.05, 4.69) is 5.32 Å². The number of piperazine rings is 1. The number of nitro groups is 1. The van der Waals surface area contributed by atoms with Crippen LogP contribution in [0.4, 0.5) is 5.69 Å². The third-order valence-corrected chi connectivity index (χ3v) is 4.96. The van der Waals surface area contributed by atoms with Crippen molar-refractivity contribution in [1.82, 2.24) is 9.62 Å². The lowest BCUT2D eigenvalue weighted by atomic mass is 10.3. The van der Waals surface area contributed by atoms with Crippen molar-refractivity contribution in [3.05, 3.63) is 28.3 Å². The van der Waals surface area contributed by atoms with Gasteiger partial charge in [-0.3, -0.25) is 10.1 Å². The van der Waals surface area contributed by atoms with Gasteiger partial charge in [0.15, 0.2) is 5.75 Å². The van der Waals surface area contributed by atoms with Crippen molar-refractivity contribution >= 4 is 15.7 Å². The number of nitrogens with one attached hydrogen (secondary N) is 1. The summed E-state index contributed by atoms with van der Waals surface area (Å²) < 4.78 is 31.1. The Morgan fingerprint density at radius 2 is 2.00 bits per heavy atom. The summed E-state index contributed by atoms with van der Waals surface area (Å²) >= 11 is 0. The Bertz CT molecular complexity index is 610. The summed E-state index contributed by atoms with van der Waals surface area (Å²) in [6.45, 7) is 1.93. The quantitative estimate of drug-likeness (QED) is 0.629. The minimum Gasteiger partial charge on any atom is -0.490 e. The van der Waals surface area contributed by atoms with Crippen LogP contribution in [-0.2, 0) is 10.0 Å². The number of nitro benzene ring substituents is 1. The van der Waals surface area contributed by atoms with Crippen LogP contribution in [0.2, 0.25) is 0 Å². The van der Waals surface area contributed by atoms with Gasteiger partial charge >= 0.3 is 5.69 Å². The average Bonchev–Trinajstić information content (AvgIpc) is 2.47. The maximum Gasteiger partial charge on any atom is 0.310 e. The number of methoxy groups -OCH3 is 1. The van der Waals surface area contributed by atoms with Crippen molar-refractivity contribution in [3.63, 3.8) is 0 Å². The highest BCUT2D eigenvalue weighted by molar-refractivity contribution is 7.89. The minimum atomic E-state index is -3.65. The SMILES string of the molecule is COc1cc(S(=O)(=O)N2CCNCC2)ccc1[N+](=O)[O-]. The summed E-state index contributed by atoms with van der Waals surface area (Å²) in [5.41, 5.74) is -0.258. The number of nitrogens with zero attached hydrogens (tertiary/aromatic N) is 2. The fraction of sp³-hybridized carbons (Fsp3) is 0.455. The van der Waals surface area contributed by atoms with E-state index in [1.165, 1.54) is 23.5 Å². The molecule has 1 N–H and O–H groups in total. The lowest BCUT2D eigenvalue weighted by Gasteiger charge is -2.26. The molecule has 0 atom stereocenters. The Hall–Kier alpha value is -1.71. The molecule has 1 aromatic rings. The van der Waals surface area contributed by atoms with Crippen molar-refractivity contribution < 1.29 is 18.1 Å². The molecule has 0 unspecified atom stereocenters. The average molecular weight is 301 g/mol. The minimum absolute atomic E-state index is 0.00171. The molecule has 1 fully saturated rings. The molecule has 0 aromatic heterocycles. The predicted molar refractivity (Wildman–Crippen MR) is 71.3 cm³/mol. The summed E-state index contributed by atoms with van der Waals surface area (Å²) in [6, 6.07) is 3.57. The van der Waals surface area contributed by atoms with E-state index in [4.69, 9.17) is 4.74 Å². The zero-order valence-corrected chi connectivity index (χ0v) is 11.7. The molecular formula is C11H15N3O5S. The van der Waals surface area contributed by atoms with Gasteiger partial charge in [0.25, 0.3) is 0 Å². The Morgan fingerprint density at radius 3 is 2.55 bits per heavy atom. The summed E-state index contributed by atoms with van der Waals surface area (Å²) in [6.07, 6.45) is 0. The second-order valence-electron chi connectivity index (χ2n) is 4.24. The van der Waals surface area contributed by atoms with Gasteiger partial charge in [0.05, 0.1) is 16.9 Å². The molecule has 1 aromatic carbocycles. The van der Waals surface area contributed by atoms with E-state index < -0.39 is 14.9 Å². The summed E-state index contributed by atoms with van der Waals surface area (Å²) in [7, 11) is -2.38. The van der Waals surface area contributed by atoms with Crippen LogP contribution in [0, 0.1) is 10.1 Å². The molecule has 2 rings (SSSR count). The second kappa shape index (κ2) is 5.73. The van der Waals surface area contributed by atoms with Gasteiger partial charge in [0.1, 0.15) is 0 Å². The zero-order valence-electron chi connectivity index (χ0n) is 10.9. The molecule has 0 radical (unpaired) electrons. The molecule has 0 spiro atoms. The molecule has 8 nitrogen and oxygen atoms in total. The molecule has 1 heterocycles. The van der Waals surface area contributed by atoms with E-state index in [1.54, 1.807) is 0 Å². The molecule has 0 aliphatic carbocycles. The number of sulfonamides is 1. The number of ether oxygens (including phenoxy) is 1. The summed E-state index contributed by atoms with van der Waals surface area (Å²) in [5, 5.41) is 13.9. The molecule has 1 saturated heterocycles. The van der Waals surface area contributed by atoms with Crippen molar-refractivity contribution in [2.45, 2.75) is 4.90 Å². The number of hydrogen-bond acceptors (Lipinski definition) is 6. The molecule has 9 heteroatoms. The lowest BCUT2D eigenvalue weighted by molar-refractivity contribution is -0.385. The Labute approximate surface area is 116 Å².